The Morgan fingerprint density at radius 3 is 3.00 bits per heavy atom. The summed E-state index contributed by atoms with van der Waals surface area (Å²) in [7, 11) is 0. The van der Waals surface area contributed by atoms with Crippen molar-refractivity contribution < 1.29 is 4.42 Å². The number of nitrogens with zero attached hydrogens (tertiary/aromatic N) is 6. The zero-order valence-corrected chi connectivity index (χ0v) is 12.3. The van der Waals surface area contributed by atoms with E-state index in [0.717, 1.165) is 44.2 Å². The Labute approximate surface area is 128 Å². The molecule has 114 valence electrons. The molecule has 7 heteroatoms. The van der Waals surface area contributed by atoms with Gasteiger partial charge in [-0.15, -0.1) is 10.2 Å². The van der Waals surface area contributed by atoms with Crippen molar-refractivity contribution in [1.82, 2.24) is 29.4 Å². The van der Waals surface area contributed by atoms with Crippen LogP contribution in [0.3, 0.4) is 0 Å². The fraction of sp³-hybridized carbons (Fsp3) is 0.400. The first-order chi connectivity index (χ1) is 10.9. The Balaban J connectivity index is 1.51. The van der Waals surface area contributed by atoms with Crippen LogP contribution in [0.15, 0.2) is 41.5 Å². The molecule has 0 atom stereocenters. The highest BCUT2D eigenvalue weighted by Gasteiger charge is 2.19. The highest BCUT2D eigenvalue weighted by molar-refractivity contribution is 5.06. The number of hydrogen-bond donors (Lipinski definition) is 0. The average Bonchev–Trinajstić information content (AvgIpc) is 3.23. The van der Waals surface area contributed by atoms with Gasteiger partial charge in [0.2, 0.25) is 0 Å². The Morgan fingerprint density at radius 2 is 2.18 bits per heavy atom. The first-order valence-electron chi connectivity index (χ1n) is 7.50. The molecule has 0 saturated carbocycles. The Bertz CT molecular complexity index is 715. The molecule has 0 spiro atoms. The van der Waals surface area contributed by atoms with Crippen LogP contribution in [0.25, 0.3) is 0 Å². The molecule has 3 aromatic rings. The number of hydrogen-bond acceptors (Lipinski definition) is 5. The SMILES string of the molecule is c1cnn(Cc2nnc3n2CCCN(Cc2ccoc2)C3)c1. The van der Waals surface area contributed by atoms with Crippen LogP contribution in [-0.2, 0) is 26.2 Å². The highest BCUT2D eigenvalue weighted by Crippen LogP contribution is 2.16. The first kappa shape index (κ1) is 13.3. The van der Waals surface area contributed by atoms with Crippen LogP contribution in [0, 0.1) is 0 Å². The van der Waals surface area contributed by atoms with Crippen LogP contribution >= 0.6 is 0 Å². The molecule has 0 fully saturated rings. The van der Waals surface area contributed by atoms with Crippen molar-refractivity contribution in [2.24, 2.45) is 0 Å². The van der Waals surface area contributed by atoms with Gasteiger partial charge in [-0.05, 0) is 18.6 Å². The first-order valence-corrected chi connectivity index (χ1v) is 7.50. The summed E-state index contributed by atoms with van der Waals surface area (Å²) < 4.78 is 9.26. The van der Waals surface area contributed by atoms with E-state index in [4.69, 9.17) is 4.42 Å². The monoisotopic (exact) mass is 298 g/mol. The molecular weight excluding hydrogens is 280 g/mol. The van der Waals surface area contributed by atoms with E-state index in [1.165, 1.54) is 5.56 Å². The summed E-state index contributed by atoms with van der Waals surface area (Å²) in [6, 6.07) is 3.94. The molecule has 0 unspecified atom stereocenters. The zero-order valence-electron chi connectivity index (χ0n) is 12.3. The molecule has 0 bridgehead atoms. The number of rotatable bonds is 4. The standard InChI is InChI=1S/C15H18N6O/c1-4-16-20(6-1)11-15-18-17-14-10-19(5-2-7-21(14)15)9-13-3-8-22-12-13/h1,3-4,6,8,12H,2,5,7,9-11H2. The fourth-order valence-corrected chi connectivity index (χ4v) is 2.91. The van der Waals surface area contributed by atoms with Crippen molar-refractivity contribution in [1.29, 1.82) is 0 Å². The molecule has 4 heterocycles. The van der Waals surface area contributed by atoms with E-state index in [0.29, 0.717) is 6.54 Å². The van der Waals surface area contributed by atoms with Gasteiger partial charge >= 0.3 is 0 Å². The lowest BCUT2D eigenvalue weighted by atomic mass is 10.3. The summed E-state index contributed by atoms with van der Waals surface area (Å²) in [6.45, 7) is 4.38. The van der Waals surface area contributed by atoms with Crippen LogP contribution in [0.4, 0.5) is 0 Å². The maximum atomic E-state index is 5.15. The lowest BCUT2D eigenvalue weighted by Crippen LogP contribution is -2.22. The second kappa shape index (κ2) is 5.76. The van der Waals surface area contributed by atoms with Gasteiger partial charge in [0.1, 0.15) is 12.4 Å². The number of furan rings is 1. The van der Waals surface area contributed by atoms with Gasteiger partial charge in [-0.25, -0.2) is 0 Å². The maximum Gasteiger partial charge on any atom is 0.154 e. The van der Waals surface area contributed by atoms with E-state index in [-0.39, 0.29) is 0 Å². The lowest BCUT2D eigenvalue weighted by Gasteiger charge is -2.17. The molecule has 0 aliphatic carbocycles. The molecule has 0 saturated heterocycles. The highest BCUT2D eigenvalue weighted by atomic mass is 16.3. The minimum absolute atomic E-state index is 0.668. The van der Waals surface area contributed by atoms with Crippen LogP contribution < -0.4 is 0 Å². The molecule has 0 amide bonds. The van der Waals surface area contributed by atoms with E-state index in [2.05, 4.69) is 24.8 Å². The van der Waals surface area contributed by atoms with Crippen molar-refractivity contribution in [2.45, 2.75) is 32.6 Å². The van der Waals surface area contributed by atoms with Gasteiger partial charge in [0.05, 0.1) is 19.1 Å². The van der Waals surface area contributed by atoms with Gasteiger partial charge in [0, 0.05) is 37.6 Å². The molecule has 0 radical (unpaired) electrons. The van der Waals surface area contributed by atoms with E-state index in [1.807, 2.05) is 23.0 Å². The molecule has 1 aliphatic heterocycles. The van der Waals surface area contributed by atoms with Crippen LogP contribution in [-0.4, -0.2) is 36.0 Å². The number of aromatic nitrogens is 5. The molecular formula is C15H18N6O. The van der Waals surface area contributed by atoms with Gasteiger partial charge in [-0.3, -0.25) is 9.58 Å². The predicted octanol–water partition coefficient (Wildman–Crippen LogP) is 1.52. The summed E-state index contributed by atoms with van der Waals surface area (Å²) >= 11 is 0. The number of fused-ring (bicyclic) bond motifs is 1. The Kier molecular flexibility index (Phi) is 3.48. The molecule has 0 N–H and O–H groups in total. The fourth-order valence-electron chi connectivity index (χ4n) is 2.91. The third-order valence-corrected chi connectivity index (χ3v) is 3.97. The van der Waals surface area contributed by atoms with Gasteiger partial charge < -0.3 is 8.98 Å². The molecule has 4 rings (SSSR count). The van der Waals surface area contributed by atoms with Crippen LogP contribution in [0.2, 0.25) is 0 Å². The Hall–Kier alpha value is -2.41. The topological polar surface area (TPSA) is 64.9 Å². The quantitative estimate of drug-likeness (QED) is 0.730. The summed E-state index contributed by atoms with van der Waals surface area (Å²) in [4.78, 5) is 2.38. The summed E-state index contributed by atoms with van der Waals surface area (Å²) in [5.74, 6) is 2.01. The third-order valence-electron chi connectivity index (χ3n) is 3.97. The maximum absolute atomic E-state index is 5.15. The largest absolute Gasteiger partial charge is 0.472 e. The second-order valence-corrected chi connectivity index (χ2v) is 5.58. The van der Waals surface area contributed by atoms with E-state index in [1.54, 1.807) is 18.7 Å². The van der Waals surface area contributed by atoms with Crippen LogP contribution in [0.5, 0.6) is 0 Å². The van der Waals surface area contributed by atoms with Crippen LogP contribution in [0.1, 0.15) is 23.6 Å². The normalized spacial score (nSPS) is 15.6. The predicted molar refractivity (Wildman–Crippen MR) is 78.8 cm³/mol. The van der Waals surface area contributed by atoms with Crippen molar-refractivity contribution >= 4 is 0 Å². The minimum atomic E-state index is 0.668. The van der Waals surface area contributed by atoms with Gasteiger partial charge in [-0.1, -0.05) is 0 Å². The van der Waals surface area contributed by atoms with E-state index in [9.17, 15) is 0 Å². The smallest absolute Gasteiger partial charge is 0.154 e. The Morgan fingerprint density at radius 1 is 1.18 bits per heavy atom. The summed E-state index contributed by atoms with van der Waals surface area (Å²) in [6.07, 6.45) is 8.35. The molecule has 3 aromatic heterocycles. The van der Waals surface area contributed by atoms with Gasteiger partial charge in [0.25, 0.3) is 0 Å². The van der Waals surface area contributed by atoms with Crippen molar-refractivity contribution in [2.75, 3.05) is 6.54 Å². The average molecular weight is 298 g/mol. The van der Waals surface area contributed by atoms with Crippen molar-refractivity contribution in [3.63, 3.8) is 0 Å². The van der Waals surface area contributed by atoms with Crippen molar-refractivity contribution in [3.05, 3.63) is 54.3 Å². The molecule has 22 heavy (non-hydrogen) atoms. The second-order valence-electron chi connectivity index (χ2n) is 5.58. The van der Waals surface area contributed by atoms with E-state index >= 15 is 0 Å². The van der Waals surface area contributed by atoms with Gasteiger partial charge in [0.15, 0.2) is 5.82 Å². The molecule has 0 aromatic carbocycles. The van der Waals surface area contributed by atoms with Gasteiger partial charge in [-0.2, -0.15) is 5.10 Å². The summed E-state index contributed by atoms with van der Waals surface area (Å²) in [5, 5.41) is 13.0. The third kappa shape index (κ3) is 2.67. The molecule has 1 aliphatic rings. The lowest BCUT2D eigenvalue weighted by molar-refractivity contribution is 0.257. The molecule has 7 nitrogen and oxygen atoms in total. The van der Waals surface area contributed by atoms with Crippen molar-refractivity contribution in [3.8, 4) is 0 Å². The van der Waals surface area contributed by atoms with E-state index < -0.39 is 0 Å². The summed E-state index contributed by atoms with van der Waals surface area (Å²) in [5.41, 5.74) is 1.20. The minimum Gasteiger partial charge on any atom is -0.472 e. The zero-order chi connectivity index (χ0) is 14.8.